The Bertz CT molecular complexity index is 890. The molecule has 0 bridgehead atoms. The summed E-state index contributed by atoms with van der Waals surface area (Å²) in [5, 5.41) is 0. The number of carbonyl (C=O) groups is 1. The number of esters is 1. The van der Waals surface area contributed by atoms with Gasteiger partial charge in [-0.05, 0) is 72.0 Å². The molecule has 2 aliphatic heterocycles. The molecule has 7 nitrogen and oxygen atoms in total. The average Bonchev–Trinajstić information content (AvgIpc) is 2.89. The van der Waals surface area contributed by atoms with Gasteiger partial charge in [0.1, 0.15) is 0 Å². The van der Waals surface area contributed by atoms with Crippen molar-refractivity contribution in [1.82, 2.24) is 4.31 Å². The minimum absolute atomic E-state index is 0.224. The summed E-state index contributed by atoms with van der Waals surface area (Å²) < 4.78 is 45.3. The summed E-state index contributed by atoms with van der Waals surface area (Å²) in [6.45, 7) is 12.4. The fraction of sp³-hybridized carbons (Fsp3) is 0.667. The van der Waals surface area contributed by atoms with Crippen LogP contribution >= 0.6 is 0 Å². The molecule has 2 fully saturated rings. The smallest absolute Gasteiger partial charge is 0.466 e. The molecular weight excluding hydrogens is 405 g/mol. The average molecular weight is 437 g/mol. The van der Waals surface area contributed by atoms with E-state index in [1.807, 2.05) is 40.7 Å². The van der Waals surface area contributed by atoms with Crippen LogP contribution in [0, 0.1) is 12.8 Å². The standard InChI is InChI=1S/C21H32BNO6S/c1-7-27-19(24)16-8-10-23(11-9-16)30(25,26)18-13-15(2)12-17(14-18)22-28-20(3,4)21(5,6)29-22/h12-14,16H,7-11H2,1-6H3. The van der Waals surface area contributed by atoms with Crippen molar-refractivity contribution in [2.45, 2.75) is 70.5 Å². The van der Waals surface area contributed by atoms with E-state index in [2.05, 4.69) is 0 Å². The first kappa shape index (κ1) is 23.3. The second kappa shape index (κ2) is 8.26. The van der Waals surface area contributed by atoms with Crippen LogP contribution in [0.15, 0.2) is 23.1 Å². The van der Waals surface area contributed by atoms with Crippen LogP contribution in [-0.4, -0.2) is 56.7 Å². The number of benzene rings is 1. The van der Waals surface area contributed by atoms with Gasteiger partial charge in [-0.2, -0.15) is 4.31 Å². The zero-order chi connectivity index (χ0) is 22.3. The third kappa shape index (κ3) is 4.44. The zero-order valence-electron chi connectivity index (χ0n) is 18.7. The zero-order valence-corrected chi connectivity index (χ0v) is 19.5. The van der Waals surface area contributed by atoms with Gasteiger partial charge < -0.3 is 14.0 Å². The molecule has 1 aromatic carbocycles. The van der Waals surface area contributed by atoms with Crippen molar-refractivity contribution < 1.29 is 27.3 Å². The van der Waals surface area contributed by atoms with Crippen LogP contribution in [0.4, 0.5) is 0 Å². The van der Waals surface area contributed by atoms with Crippen LogP contribution in [0.2, 0.25) is 0 Å². The molecule has 0 unspecified atom stereocenters. The SMILES string of the molecule is CCOC(=O)C1CCN(S(=O)(=O)c2cc(C)cc(B3OC(C)(C)C(C)(C)O3)c2)CC1. The highest BCUT2D eigenvalue weighted by Gasteiger charge is 2.52. The summed E-state index contributed by atoms with van der Waals surface area (Å²) in [4.78, 5) is 12.2. The van der Waals surface area contributed by atoms with Crippen molar-refractivity contribution in [3.8, 4) is 0 Å². The minimum atomic E-state index is -3.69. The second-order valence-corrected chi connectivity index (χ2v) is 11.0. The summed E-state index contributed by atoms with van der Waals surface area (Å²) >= 11 is 0. The lowest BCUT2D eigenvalue weighted by atomic mass is 9.78. The number of piperidine rings is 1. The first-order valence-corrected chi connectivity index (χ1v) is 12.0. The molecule has 1 aromatic rings. The van der Waals surface area contributed by atoms with Crippen LogP contribution < -0.4 is 5.46 Å². The number of sulfonamides is 1. The lowest BCUT2D eigenvalue weighted by Gasteiger charge is -2.32. The molecule has 2 saturated heterocycles. The molecule has 0 aliphatic carbocycles. The molecule has 0 N–H and O–H groups in total. The summed E-state index contributed by atoms with van der Waals surface area (Å²) in [6, 6.07) is 5.21. The van der Waals surface area contributed by atoms with Crippen LogP contribution in [0.3, 0.4) is 0 Å². The molecule has 0 spiro atoms. The van der Waals surface area contributed by atoms with Gasteiger partial charge in [0, 0.05) is 13.1 Å². The molecule has 0 aromatic heterocycles. The van der Waals surface area contributed by atoms with Gasteiger partial charge in [0.05, 0.1) is 28.6 Å². The molecule has 9 heteroatoms. The summed E-state index contributed by atoms with van der Waals surface area (Å²) in [6.07, 6.45) is 0.932. The van der Waals surface area contributed by atoms with Crippen molar-refractivity contribution in [2.75, 3.05) is 19.7 Å². The van der Waals surface area contributed by atoms with Gasteiger partial charge in [-0.15, -0.1) is 0 Å². The Balaban J connectivity index is 1.80. The third-order valence-corrected chi connectivity index (χ3v) is 8.19. The van der Waals surface area contributed by atoms with Gasteiger partial charge >= 0.3 is 13.1 Å². The number of aryl methyl sites for hydroxylation is 1. The van der Waals surface area contributed by atoms with Crippen molar-refractivity contribution in [1.29, 1.82) is 0 Å². The number of rotatable bonds is 5. The number of carbonyl (C=O) groups excluding carboxylic acids is 1. The van der Waals surface area contributed by atoms with Crippen LogP contribution in [0.25, 0.3) is 0 Å². The van der Waals surface area contributed by atoms with Gasteiger partial charge in [0.25, 0.3) is 0 Å². The lowest BCUT2D eigenvalue weighted by molar-refractivity contribution is -0.149. The highest BCUT2D eigenvalue weighted by atomic mass is 32.2. The van der Waals surface area contributed by atoms with Crippen LogP contribution in [0.1, 0.15) is 53.0 Å². The second-order valence-electron chi connectivity index (χ2n) is 9.10. The molecule has 30 heavy (non-hydrogen) atoms. The summed E-state index contributed by atoms with van der Waals surface area (Å²) in [5.41, 5.74) is 0.501. The van der Waals surface area contributed by atoms with Crippen molar-refractivity contribution in [2.24, 2.45) is 5.92 Å². The molecular formula is C21H32BNO6S. The Labute approximate surface area is 180 Å². The van der Waals surface area contributed by atoms with E-state index in [9.17, 15) is 13.2 Å². The van der Waals surface area contributed by atoms with E-state index in [4.69, 9.17) is 14.0 Å². The van der Waals surface area contributed by atoms with Crippen LogP contribution in [-0.2, 0) is 28.9 Å². The van der Waals surface area contributed by atoms with Gasteiger partial charge in [0.2, 0.25) is 10.0 Å². The molecule has 2 aliphatic rings. The quantitative estimate of drug-likeness (QED) is 0.519. The molecule has 3 rings (SSSR count). The highest BCUT2D eigenvalue weighted by Crippen LogP contribution is 2.36. The lowest BCUT2D eigenvalue weighted by Crippen LogP contribution is -2.41. The molecule has 0 radical (unpaired) electrons. The monoisotopic (exact) mass is 437 g/mol. The maximum Gasteiger partial charge on any atom is 0.494 e. The molecule has 0 saturated carbocycles. The predicted molar refractivity (Wildman–Crippen MR) is 115 cm³/mol. The van der Waals surface area contributed by atoms with E-state index in [0.29, 0.717) is 38.0 Å². The fourth-order valence-electron chi connectivity index (χ4n) is 3.78. The number of nitrogens with zero attached hydrogens (tertiary/aromatic N) is 1. The first-order valence-electron chi connectivity index (χ1n) is 10.5. The molecule has 0 amide bonds. The Morgan fingerprint density at radius 3 is 2.23 bits per heavy atom. The summed E-state index contributed by atoms with van der Waals surface area (Å²) in [7, 11) is -4.31. The maximum atomic E-state index is 13.3. The van der Waals surface area contributed by atoms with E-state index < -0.39 is 28.3 Å². The van der Waals surface area contributed by atoms with E-state index in [0.717, 1.165) is 5.56 Å². The molecule has 166 valence electrons. The highest BCUT2D eigenvalue weighted by molar-refractivity contribution is 7.89. The third-order valence-electron chi connectivity index (χ3n) is 6.31. The van der Waals surface area contributed by atoms with Gasteiger partial charge in [-0.1, -0.05) is 11.6 Å². The largest absolute Gasteiger partial charge is 0.494 e. The van der Waals surface area contributed by atoms with E-state index in [1.54, 1.807) is 19.1 Å². The first-order chi connectivity index (χ1) is 13.9. The Kier molecular flexibility index (Phi) is 6.40. The van der Waals surface area contributed by atoms with Gasteiger partial charge in [0.15, 0.2) is 0 Å². The van der Waals surface area contributed by atoms with Crippen LogP contribution in [0.5, 0.6) is 0 Å². The number of hydrogen-bond donors (Lipinski definition) is 0. The predicted octanol–water partition coefficient (Wildman–Crippen LogP) is 2.26. The molecule has 0 atom stereocenters. The normalized spacial score (nSPS) is 22.3. The Morgan fingerprint density at radius 1 is 1.13 bits per heavy atom. The van der Waals surface area contributed by atoms with Gasteiger partial charge in [-0.3, -0.25) is 4.79 Å². The Hall–Kier alpha value is -1.42. The Morgan fingerprint density at radius 2 is 1.70 bits per heavy atom. The van der Waals surface area contributed by atoms with Crippen molar-refractivity contribution in [3.05, 3.63) is 23.8 Å². The topological polar surface area (TPSA) is 82.1 Å². The van der Waals surface area contributed by atoms with E-state index >= 15 is 0 Å². The molecule has 2 heterocycles. The van der Waals surface area contributed by atoms with Gasteiger partial charge in [-0.25, -0.2) is 8.42 Å². The summed E-state index contributed by atoms with van der Waals surface area (Å²) in [5.74, 6) is -0.484. The van der Waals surface area contributed by atoms with E-state index in [1.165, 1.54) is 4.31 Å². The van der Waals surface area contributed by atoms with Crippen molar-refractivity contribution in [3.63, 3.8) is 0 Å². The number of ether oxygens (including phenoxy) is 1. The van der Waals surface area contributed by atoms with Crippen molar-refractivity contribution >= 4 is 28.6 Å². The maximum absolute atomic E-state index is 13.3. The fourth-order valence-corrected chi connectivity index (χ4v) is 5.39. The minimum Gasteiger partial charge on any atom is -0.466 e. The van der Waals surface area contributed by atoms with E-state index in [-0.39, 0.29) is 16.8 Å². The number of hydrogen-bond acceptors (Lipinski definition) is 6.